The summed E-state index contributed by atoms with van der Waals surface area (Å²) in [5.74, 6) is 0.934. The van der Waals surface area contributed by atoms with Gasteiger partial charge in [-0.2, -0.15) is 0 Å². The Hall–Kier alpha value is -1.28. The number of nitrogens with one attached hydrogen (secondary N) is 1. The van der Waals surface area contributed by atoms with Crippen molar-refractivity contribution < 1.29 is 4.74 Å². The maximum absolute atomic E-state index is 5.33. The molecule has 1 N–H and O–H groups in total. The molecule has 17 heavy (non-hydrogen) atoms. The van der Waals surface area contributed by atoms with Crippen molar-refractivity contribution in [2.45, 2.75) is 32.2 Å². The van der Waals surface area contributed by atoms with Gasteiger partial charge in [-0.15, -0.1) is 0 Å². The number of aryl methyl sites for hydroxylation is 1. The first-order valence-corrected chi connectivity index (χ1v) is 6.15. The van der Waals surface area contributed by atoms with Gasteiger partial charge in [0, 0.05) is 5.54 Å². The first kappa shape index (κ1) is 12.2. The highest BCUT2D eigenvalue weighted by Gasteiger charge is 2.26. The summed E-state index contributed by atoms with van der Waals surface area (Å²) >= 11 is 0. The van der Waals surface area contributed by atoms with Crippen molar-refractivity contribution in [3.05, 3.63) is 35.4 Å². The second-order valence-electron chi connectivity index (χ2n) is 5.05. The molecule has 0 radical (unpaired) electrons. The van der Waals surface area contributed by atoms with Crippen LogP contribution in [0.3, 0.4) is 0 Å². The fourth-order valence-corrected chi connectivity index (χ4v) is 2.36. The average molecular weight is 231 g/mol. The molecule has 0 unspecified atom stereocenters. The number of methoxy groups -OCH3 is 1. The molecule has 0 fully saturated rings. The molecule has 0 heterocycles. The minimum atomic E-state index is 0.00152. The smallest absolute Gasteiger partial charge is 0.119 e. The van der Waals surface area contributed by atoms with E-state index >= 15 is 0 Å². The number of rotatable bonds is 3. The molecule has 0 aliphatic heterocycles. The molecule has 0 amide bonds. The maximum atomic E-state index is 5.33. The largest absolute Gasteiger partial charge is 0.497 e. The Morgan fingerprint density at radius 3 is 2.71 bits per heavy atom. The predicted octanol–water partition coefficient (Wildman–Crippen LogP) is 3.02. The molecule has 1 aromatic rings. The van der Waals surface area contributed by atoms with Crippen molar-refractivity contribution in [1.82, 2.24) is 5.32 Å². The molecule has 0 atom stereocenters. The lowest BCUT2D eigenvalue weighted by Crippen LogP contribution is -2.38. The highest BCUT2D eigenvalue weighted by Crippen LogP contribution is 2.35. The van der Waals surface area contributed by atoms with Crippen LogP contribution in [0, 0.1) is 0 Å². The first-order chi connectivity index (χ1) is 8.08. The molecule has 0 saturated heterocycles. The van der Waals surface area contributed by atoms with Gasteiger partial charge < -0.3 is 10.1 Å². The van der Waals surface area contributed by atoms with Gasteiger partial charge in [0.1, 0.15) is 5.75 Å². The molecule has 92 valence electrons. The molecule has 1 aromatic carbocycles. The van der Waals surface area contributed by atoms with Crippen LogP contribution < -0.4 is 10.1 Å². The first-order valence-electron chi connectivity index (χ1n) is 6.15. The summed E-state index contributed by atoms with van der Waals surface area (Å²) in [6.07, 6.45) is 4.60. The van der Waals surface area contributed by atoms with Crippen LogP contribution in [-0.2, 0) is 6.42 Å². The van der Waals surface area contributed by atoms with Gasteiger partial charge in [0.15, 0.2) is 0 Å². The van der Waals surface area contributed by atoms with E-state index in [4.69, 9.17) is 4.74 Å². The standard InChI is InChI=1S/C15H21NO/c1-15(2,16-3)14-7-5-6-11-8-9-12(17-4)10-13(11)14/h7-10,16H,5-6H2,1-4H3. The van der Waals surface area contributed by atoms with Crippen LogP contribution in [0.25, 0.3) is 5.57 Å². The minimum absolute atomic E-state index is 0.00152. The van der Waals surface area contributed by atoms with Crippen LogP contribution in [0.2, 0.25) is 0 Å². The second-order valence-corrected chi connectivity index (χ2v) is 5.05. The lowest BCUT2D eigenvalue weighted by molar-refractivity contribution is 0.414. The molecule has 0 aromatic heterocycles. The molecular weight excluding hydrogens is 210 g/mol. The lowest BCUT2D eigenvalue weighted by Gasteiger charge is -2.32. The van der Waals surface area contributed by atoms with E-state index in [-0.39, 0.29) is 5.54 Å². The summed E-state index contributed by atoms with van der Waals surface area (Å²) < 4.78 is 5.33. The number of hydrogen-bond donors (Lipinski definition) is 1. The molecule has 0 bridgehead atoms. The number of likely N-dealkylation sites (N-methyl/N-ethyl adjacent to an activating group) is 1. The highest BCUT2D eigenvalue weighted by molar-refractivity contribution is 5.77. The molecular formula is C15H21NO. The Bertz CT molecular complexity index is 446. The number of allylic oxidation sites excluding steroid dienone is 1. The summed E-state index contributed by atoms with van der Waals surface area (Å²) in [7, 11) is 3.73. The number of benzene rings is 1. The van der Waals surface area contributed by atoms with E-state index in [2.05, 4.69) is 37.4 Å². The SMILES string of the molecule is CNC(C)(C)C1=CCCc2ccc(OC)cc21. The van der Waals surface area contributed by atoms with E-state index in [0.29, 0.717) is 0 Å². The van der Waals surface area contributed by atoms with E-state index < -0.39 is 0 Å². The summed E-state index contributed by atoms with van der Waals surface area (Å²) in [4.78, 5) is 0. The Morgan fingerprint density at radius 2 is 2.06 bits per heavy atom. The Labute approximate surface area is 104 Å². The van der Waals surface area contributed by atoms with Crippen LogP contribution in [0.5, 0.6) is 5.75 Å². The Kier molecular flexibility index (Phi) is 3.25. The van der Waals surface area contributed by atoms with Crippen LogP contribution in [0.4, 0.5) is 0 Å². The van der Waals surface area contributed by atoms with E-state index in [1.807, 2.05) is 13.1 Å². The quantitative estimate of drug-likeness (QED) is 0.863. The van der Waals surface area contributed by atoms with Gasteiger partial charge in [0.05, 0.1) is 7.11 Å². The van der Waals surface area contributed by atoms with Gasteiger partial charge in [-0.05, 0) is 62.6 Å². The van der Waals surface area contributed by atoms with E-state index in [1.54, 1.807) is 7.11 Å². The van der Waals surface area contributed by atoms with Gasteiger partial charge in [-0.25, -0.2) is 0 Å². The molecule has 2 heteroatoms. The third-order valence-corrected chi connectivity index (χ3v) is 3.67. The zero-order valence-electron chi connectivity index (χ0n) is 11.1. The second kappa shape index (κ2) is 4.53. The van der Waals surface area contributed by atoms with E-state index in [0.717, 1.165) is 18.6 Å². The summed E-state index contributed by atoms with van der Waals surface area (Å²) in [6.45, 7) is 4.43. The molecule has 1 aliphatic carbocycles. The zero-order valence-corrected chi connectivity index (χ0v) is 11.1. The fourth-order valence-electron chi connectivity index (χ4n) is 2.36. The van der Waals surface area contributed by atoms with Crippen LogP contribution in [0.1, 0.15) is 31.4 Å². The highest BCUT2D eigenvalue weighted by atomic mass is 16.5. The zero-order chi connectivity index (χ0) is 12.5. The molecule has 1 aliphatic rings. The van der Waals surface area contributed by atoms with Gasteiger partial charge in [0.2, 0.25) is 0 Å². The Balaban J connectivity index is 2.49. The average Bonchev–Trinajstić information content (AvgIpc) is 2.37. The van der Waals surface area contributed by atoms with Gasteiger partial charge in [-0.1, -0.05) is 12.1 Å². The van der Waals surface area contributed by atoms with E-state index in [9.17, 15) is 0 Å². The number of fused-ring (bicyclic) bond motifs is 1. The van der Waals surface area contributed by atoms with Crippen molar-refractivity contribution in [2.75, 3.05) is 14.2 Å². The van der Waals surface area contributed by atoms with Crippen molar-refractivity contribution in [2.24, 2.45) is 0 Å². The van der Waals surface area contributed by atoms with E-state index in [1.165, 1.54) is 16.7 Å². The number of hydrogen-bond acceptors (Lipinski definition) is 2. The van der Waals surface area contributed by atoms with Crippen molar-refractivity contribution >= 4 is 5.57 Å². The molecule has 0 spiro atoms. The summed E-state index contributed by atoms with van der Waals surface area (Å²) in [5.41, 5.74) is 4.13. The number of ether oxygens (including phenoxy) is 1. The third-order valence-electron chi connectivity index (χ3n) is 3.67. The van der Waals surface area contributed by atoms with Crippen molar-refractivity contribution in [3.63, 3.8) is 0 Å². The van der Waals surface area contributed by atoms with Crippen molar-refractivity contribution in [1.29, 1.82) is 0 Å². The fraction of sp³-hybridized carbons (Fsp3) is 0.467. The van der Waals surface area contributed by atoms with Crippen LogP contribution in [-0.4, -0.2) is 19.7 Å². The molecule has 2 rings (SSSR count). The monoisotopic (exact) mass is 231 g/mol. The summed E-state index contributed by atoms with van der Waals surface area (Å²) in [6, 6.07) is 6.39. The Morgan fingerprint density at radius 1 is 1.29 bits per heavy atom. The van der Waals surface area contributed by atoms with Crippen LogP contribution in [0.15, 0.2) is 24.3 Å². The van der Waals surface area contributed by atoms with Gasteiger partial charge in [0.25, 0.3) is 0 Å². The van der Waals surface area contributed by atoms with Crippen molar-refractivity contribution in [3.8, 4) is 5.75 Å². The maximum Gasteiger partial charge on any atom is 0.119 e. The lowest BCUT2D eigenvalue weighted by atomic mass is 9.81. The molecule has 2 nitrogen and oxygen atoms in total. The predicted molar refractivity (Wildman–Crippen MR) is 72.4 cm³/mol. The normalized spacial score (nSPS) is 15.2. The third kappa shape index (κ3) is 2.22. The van der Waals surface area contributed by atoms with Gasteiger partial charge >= 0.3 is 0 Å². The van der Waals surface area contributed by atoms with Crippen LogP contribution >= 0.6 is 0 Å². The van der Waals surface area contributed by atoms with Gasteiger partial charge in [-0.3, -0.25) is 0 Å². The minimum Gasteiger partial charge on any atom is -0.497 e. The summed E-state index contributed by atoms with van der Waals surface area (Å²) in [5, 5.41) is 3.38. The topological polar surface area (TPSA) is 21.3 Å². The molecule has 0 saturated carbocycles.